The number of carbonyl (C=O) groups is 1. The van der Waals surface area contributed by atoms with E-state index in [1.807, 2.05) is 49.1 Å². The van der Waals surface area contributed by atoms with Crippen molar-refractivity contribution in [1.82, 2.24) is 14.9 Å². The van der Waals surface area contributed by atoms with Gasteiger partial charge in [-0.15, -0.1) is 0 Å². The lowest BCUT2D eigenvalue weighted by molar-refractivity contribution is 0.0697. The third-order valence-corrected chi connectivity index (χ3v) is 7.63. The molecule has 0 unspecified atom stereocenters. The molecular formula is C28H27N5O4S2. The molecule has 1 saturated heterocycles. The Kier molecular flexibility index (Phi) is 6.87. The minimum absolute atomic E-state index is 0.224. The third kappa shape index (κ3) is 5.23. The van der Waals surface area contributed by atoms with Gasteiger partial charge in [-0.05, 0) is 98.4 Å². The van der Waals surface area contributed by atoms with Crippen LogP contribution < -0.4 is 14.9 Å². The number of nitrogens with zero attached hydrogens (tertiary/aromatic N) is 3. The van der Waals surface area contributed by atoms with Gasteiger partial charge in [0.1, 0.15) is 0 Å². The van der Waals surface area contributed by atoms with Gasteiger partial charge in [0.05, 0.1) is 29.6 Å². The fourth-order valence-electron chi connectivity index (χ4n) is 5.09. The predicted octanol–water partition coefficient (Wildman–Crippen LogP) is 4.74. The first-order chi connectivity index (χ1) is 18.5. The number of hydrogen-bond donors (Lipinski definition) is 3. The molecule has 1 aliphatic heterocycles. The summed E-state index contributed by atoms with van der Waals surface area (Å²) in [6, 6.07) is 21.2. The Morgan fingerprint density at radius 1 is 1.03 bits per heavy atom. The second-order valence-corrected chi connectivity index (χ2v) is 11.6. The first-order valence-corrected chi connectivity index (χ1v) is 14.4. The smallest absolute Gasteiger partial charge is 0.335 e. The molecule has 200 valence electrons. The standard InChI is InChI=1S/C28H27N5O4S2/c1-17-16-23(18(2)32(17)21-11-7-19(8-12-21)27(34)35)26-25(24-6-4-5-15-29-24)30-28(38)33(26)22-13-9-20(10-14-22)31-39(3,36)37/h4-16,25-26,31H,1-3H3,(H,30,38)(H,34,35)/t25-,26-/m0/s1. The van der Waals surface area contributed by atoms with Crippen LogP contribution >= 0.6 is 12.2 Å². The van der Waals surface area contributed by atoms with E-state index < -0.39 is 16.0 Å². The van der Waals surface area contributed by atoms with Gasteiger partial charge < -0.3 is 19.9 Å². The van der Waals surface area contributed by atoms with Crippen LogP contribution in [0.5, 0.6) is 0 Å². The minimum atomic E-state index is -3.41. The molecule has 5 rings (SSSR count). The summed E-state index contributed by atoms with van der Waals surface area (Å²) >= 11 is 5.83. The van der Waals surface area contributed by atoms with Gasteiger partial charge in [-0.2, -0.15) is 0 Å². The Morgan fingerprint density at radius 3 is 2.28 bits per heavy atom. The summed E-state index contributed by atoms with van der Waals surface area (Å²) < 4.78 is 27.9. The molecule has 0 amide bonds. The number of nitrogens with one attached hydrogen (secondary N) is 2. The molecule has 2 aromatic heterocycles. The van der Waals surface area contributed by atoms with Crippen molar-refractivity contribution in [2.24, 2.45) is 0 Å². The molecule has 11 heteroatoms. The van der Waals surface area contributed by atoms with Crippen molar-refractivity contribution < 1.29 is 18.3 Å². The van der Waals surface area contributed by atoms with Crippen molar-refractivity contribution in [1.29, 1.82) is 0 Å². The fourth-order valence-corrected chi connectivity index (χ4v) is 6.00. The molecule has 3 N–H and O–H groups in total. The summed E-state index contributed by atoms with van der Waals surface area (Å²) in [5.74, 6) is -0.972. The second kappa shape index (κ2) is 10.2. The number of benzene rings is 2. The topological polar surface area (TPSA) is 117 Å². The lowest BCUT2D eigenvalue weighted by Gasteiger charge is -2.28. The lowest BCUT2D eigenvalue weighted by Crippen LogP contribution is -2.29. The summed E-state index contributed by atoms with van der Waals surface area (Å²) in [4.78, 5) is 18.0. The highest BCUT2D eigenvalue weighted by Crippen LogP contribution is 2.44. The van der Waals surface area contributed by atoms with Gasteiger partial charge in [-0.25, -0.2) is 13.2 Å². The Bertz CT molecular complexity index is 1650. The summed E-state index contributed by atoms with van der Waals surface area (Å²) in [5, 5.41) is 13.3. The van der Waals surface area contributed by atoms with Gasteiger partial charge in [-0.3, -0.25) is 9.71 Å². The van der Waals surface area contributed by atoms with Crippen molar-refractivity contribution in [3.8, 4) is 5.69 Å². The number of anilines is 2. The van der Waals surface area contributed by atoms with E-state index in [2.05, 4.69) is 25.7 Å². The molecular weight excluding hydrogens is 534 g/mol. The van der Waals surface area contributed by atoms with E-state index in [1.54, 1.807) is 42.6 Å². The van der Waals surface area contributed by atoms with E-state index in [0.717, 1.165) is 40.3 Å². The lowest BCUT2D eigenvalue weighted by atomic mass is 9.96. The summed E-state index contributed by atoms with van der Waals surface area (Å²) in [6.45, 7) is 4.04. The molecule has 4 aromatic rings. The molecule has 0 bridgehead atoms. The number of carboxylic acids is 1. The van der Waals surface area contributed by atoms with Gasteiger partial charge >= 0.3 is 5.97 Å². The highest BCUT2D eigenvalue weighted by Gasteiger charge is 2.42. The van der Waals surface area contributed by atoms with E-state index in [0.29, 0.717) is 10.8 Å². The van der Waals surface area contributed by atoms with Gasteiger partial charge in [-0.1, -0.05) is 6.07 Å². The van der Waals surface area contributed by atoms with Gasteiger partial charge in [0, 0.05) is 34.6 Å². The fraction of sp³-hybridized carbons (Fsp3) is 0.179. The van der Waals surface area contributed by atoms with E-state index >= 15 is 0 Å². The Hall–Kier alpha value is -4.22. The zero-order valence-electron chi connectivity index (χ0n) is 21.5. The molecule has 2 aromatic carbocycles. The van der Waals surface area contributed by atoms with Crippen LogP contribution in [-0.2, 0) is 10.0 Å². The average Bonchev–Trinajstić information content (AvgIpc) is 3.39. The first-order valence-electron chi connectivity index (χ1n) is 12.1. The van der Waals surface area contributed by atoms with E-state index in [4.69, 9.17) is 12.2 Å². The van der Waals surface area contributed by atoms with Crippen molar-refractivity contribution in [2.45, 2.75) is 25.9 Å². The zero-order chi connectivity index (χ0) is 27.9. The van der Waals surface area contributed by atoms with Crippen LogP contribution in [0.3, 0.4) is 0 Å². The molecule has 1 aliphatic rings. The van der Waals surface area contributed by atoms with E-state index in [9.17, 15) is 18.3 Å². The Morgan fingerprint density at radius 2 is 1.69 bits per heavy atom. The Balaban J connectivity index is 1.61. The van der Waals surface area contributed by atoms with Crippen molar-refractivity contribution in [2.75, 3.05) is 15.9 Å². The largest absolute Gasteiger partial charge is 0.478 e. The van der Waals surface area contributed by atoms with Gasteiger partial charge in [0.15, 0.2) is 5.11 Å². The number of sulfonamides is 1. The highest BCUT2D eigenvalue weighted by atomic mass is 32.2. The maximum absolute atomic E-state index is 11.7. The van der Waals surface area contributed by atoms with Crippen LogP contribution in [0.2, 0.25) is 0 Å². The normalized spacial score (nSPS) is 17.2. The molecule has 0 radical (unpaired) electrons. The summed E-state index contributed by atoms with van der Waals surface area (Å²) in [5.41, 5.74) is 6.15. The van der Waals surface area contributed by atoms with E-state index in [-0.39, 0.29) is 17.6 Å². The molecule has 2 atom stereocenters. The molecule has 0 spiro atoms. The number of aryl methyl sites for hydroxylation is 1. The number of aromatic carboxylic acids is 1. The maximum Gasteiger partial charge on any atom is 0.335 e. The van der Waals surface area contributed by atoms with Crippen LogP contribution in [0.1, 0.15) is 45.1 Å². The quantitative estimate of drug-likeness (QED) is 0.277. The number of hydrogen-bond acceptors (Lipinski definition) is 5. The SMILES string of the molecule is Cc1cc([C@H]2[C@H](c3ccccn3)NC(=S)N2c2ccc(NS(C)(=O)=O)cc2)c(C)n1-c1ccc(C(=O)O)cc1. The summed E-state index contributed by atoms with van der Waals surface area (Å²) in [7, 11) is -3.41. The molecule has 39 heavy (non-hydrogen) atoms. The molecule has 1 fully saturated rings. The Labute approximate surface area is 232 Å². The van der Waals surface area contributed by atoms with Crippen molar-refractivity contribution in [3.05, 3.63) is 107 Å². The predicted molar refractivity (Wildman–Crippen MR) is 155 cm³/mol. The number of aromatic nitrogens is 2. The summed E-state index contributed by atoms with van der Waals surface area (Å²) in [6.07, 6.45) is 2.86. The third-order valence-electron chi connectivity index (χ3n) is 6.71. The maximum atomic E-state index is 11.7. The van der Waals surface area contributed by atoms with Gasteiger partial charge in [0.25, 0.3) is 0 Å². The minimum Gasteiger partial charge on any atom is -0.478 e. The van der Waals surface area contributed by atoms with Crippen LogP contribution in [0.15, 0.2) is 79.0 Å². The molecule has 0 aliphatic carbocycles. The highest BCUT2D eigenvalue weighted by molar-refractivity contribution is 7.92. The molecule has 3 heterocycles. The van der Waals surface area contributed by atoms with Crippen LogP contribution in [-0.4, -0.2) is 40.4 Å². The number of thiocarbonyl (C=S) groups is 1. The van der Waals surface area contributed by atoms with Crippen molar-refractivity contribution >= 4 is 44.7 Å². The average molecular weight is 562 g/mol. The van der Waals surface area contributed by atoms with Crippen molar-refractivity contribution in [3.63, 3.8) is 0 Å². The van der Waals surface area contributed by atoms with Crippen LogP contribution in [0, 0.1) is 13.8 Å². The zero-order valence-corrected chi connectivity index (χ0v) is 23.1. The monoisotopic (exact) mass is 561 g/mol. The van der Waals surface area contributed by atoms with Crippen LogP contribution in [0.4, 0.5) is 11.4 Å². The molecule has 0 saturated carbocycles. The van der Waals surface area contributed by atoms with E-state index in [1.165, 1.54) is 0 Å². The second-order valence-electron chi connectivity index (χ2n) is 9.43. The number of pyridine rings is 1. The van der Waals surface area contributed by atoms with Crippen LogP contribution in [0.25, 0.3) is 5.69 Å². The molecule has 9 nitrogen and oxygen atoms in total. The first kappa shape index (κ1) is 26.4. The van der Waals surface area contributed by atoms with Gasteiger partial charge in [0.2, 0.25) is 10.0 Å². The number of rotatable bonds is 7. The number of carboxylic acid groups (broad SMARTS) is 1.